The van der Waals surface area contributed by atoms with Gasteiger partial charge in [0, 0.05) is 36.2 Å². The van der Waals surface area contributed by atoms with Crippen LogP contribution < -0.4 is 0 Å². The molecule has 5 rings (SSSR count). The number of hydrogen-bond acceptors (Lipinski definition) is 2. The number of aromatic nitrogens is 1. The zero-order valence-corrected chi connectivity index (χ0v) is 22.2. The predicted molar refractivity (Wildman–Crippen MR) is 144 cm³/mol. The predicted octanol–water partition coefficient (Wildman–Crippen LogP) is 6.63. The van der Waals surface area contributed by atoms with Crippen LogP contribution in [0, 0.1) is 33.5 Å². The number of piperidine rings is 1. The molecular weight excluding hydrogens is 471 g/mol. The van der Waals surface area contributed by atoms with Gasteiger partial charge in [-0.05, 0) is 98.5 Å². The highest BCUT2D eigenvalue weighted by molar-refractivity contribution is 7.89. The molecule has 0 amide bonds. The first-order valence-electron chi connectivity index (χ1n) is 12.6. The third kappa shape index (κ3) is 4.37. The lowest BCUT2D eigenvalue weighted by molar-refractivity contribution is 0.319. The van der Waals surface area contributed by atoms with Crippen LogP contribution in [0.5, 0.6) is 0 Å². The number of rotatable bonds is 5. The van der Waals surface area contributed by atoms with Crippen LogP contribution in [0.4, 0.5) is 4.39 Å². The molecule has 0 atom stereocenters. The Kier molecular flexibility index (Phi) is 6.52. The summed E-state index contributed by atoms with van der Waals surface area (Å²) in [5, 5.41) is 1.23. The zero-order valence-electron chi connectivity index (χ0n) is 21.4. The number of benzene rings is 3. The molecule has 0 bridgehead atoms. The number of hydrogen-bond donors (Lipinski definition) is 0. The lowest BCUT2D eigenvalue weighted by Gasteiger charge is -2.32. The molecule has 1 saturated heterocycles. The van der Waals surface area contributed by atoms with Crippen LogP contribution in [0.15, 0.2) is 65.6 Å². The van der Waals surface area contributed by atoms with E-state index in [9.17, 15) is 12.8 Å². The Morgan fingerprint density at radius 3 is 2.19 bits per heavy atom. The summed E-state index contributed by atoms with van der Waals surface area (Å²) < 4.78 is 44.4. The molecule has 0 saturated carbocycles. The first-order valence-corrected chi connectivity index (χ1v) is 14.0. The van der Waals surface area contributed by atoms with E-state index in [2.05, 4.69) is 29.7 Å². The van der Waals surface area contributed by atoms with Crippen molar-refractivity contribution >= 4 is 20.9 Å². The normalized spacial score (nSPS) is 15.6. The fourth-order valence-electron chi connectivity index (χ4n) is 5.69. The van der Waals surface area contributed by atoms with E-state index >= 15 is 0 Å². The van der Waals surface area contributed by atoms with Crippen LogP contribution in [0.1, 0.15) is 52.3 Å². The standard InChI is InChI=1S/C30H33FN2O2S/c1-20-17-22(3)29(18-21(20)2)36(34,35)32-15-13-25(14-16-32)30-23(4)33(28-8-6-5-7-27(28)30)19-24-9-11-26(31)12-10-24/h5-12,17-18,25H,13-16,19H2,1-4H3. The molecule has 1 aromatic heterocycles. The highest BCUT2D eigenvalue weighted by Crippen LogP contribution is 2.39. The van der Waals surface area contributed by atoms with Crippen molar-refractivity contribution in [3.63, 3.8) is 0 Å². The number of sulfonamides is 1. The van der Waals surface area contributed by atoms with Crippen LogP contribution >= 0.6 is 0 Å². The Hall–Kier alpha value is -2.96. The number of aryl methyl sites for hydroxylation is 3. The van der Waals surface area contributed by atoms with E-state index in [1.165, 1.54) is 28.8 Å². The van der Waals surface area contributed by atoms with Gasteiger partial charge in [-0.1, -0.05) is 36.4 Å². The van der Waals surface area contributed by atoms with Crippen LogP contribution in [0.2, 0.25) is 0 Å². The molecule has 1 aliphatic heterocycles. The molecule has 2 heterocycles. The second kappa shape index (κ2) is 9.49. The van der Waals surface area contributed by atoms with Gasteiger partial charge in [0.25, 0.3) is 0 Å². The van der Waals surface area contributed by atoms with Crippen LogP contribution in [-0.2, 0) is 16.6 Å². The minimum Gasteiger partial charge on any atom is -0.340 e. The van der Waals surface area contributed by atoms with Crippen molar-refractivity contribution < 1.29 is 12.8 Å². The van der Waals surface area contributed by atoms with Gasteiger partial charge in [-0.3, -0.25) is 0 Å². The summed E-state index contributed by atoms with van der Waals surface area (Å²) >= 11 is 0. The first-order chi connectivity index (χ1) is 17.2. The molecule has 0 unspecified atom stereocenters. The summed E-state index contributed by atoms with van der Waals surface area (Å²) in [5.41, 5.74) is 7.64. The van der Waals surface area contributed by atoms with Gasteiger partial charge in [-0.2, -0.15) is 4.31 Å². The van der Waals surface area contributed by atoms with E-state index in [1.54, 1.807) is 4.31 Å². The van der Waals surface area contributed by atoms with Gasteiger partial charge in [-0.25, -0.2) is 12.8 Å². The molecule has 188 valence electrons. The van der Waals surface area contributed by atoms with Crippen LogP contribution in [0.25, 0.3) is 10.9 Å². The largest absolute Gasteiger partial charge is 0.340 e. The molecule has 1 aliphatic rings. The second-order valence-electron chi connectivity index (χ2n) is 10.1. The van der Waals surface area contributed by atoms with Crippen molar-refractivity contribution in [1.82, 2.24) is 8.87 Å². The molecule has 1 fully saturated rings. The Morgan fingerprint density at radius 2 is 1.50 bits per heavy atom. The Labute approximate surface area is 213 Å². The molecular formula is C30H33FN2O2S. The van der Waals surface area contributed by atoms with E-state index < -0.39 is 10.0 Å². The quantitative estimate of drug-likeness (QED) is 0.306. The topological polar surface area (TPSA) is 42.3 Å². The average Bonchev–Trinajstić information content (AvgIpc) is 3.14. The summed E-state index contributed by atoms with van der Waals surface area (Å²) in [7, 11) is -3.53. The number of fused-ring (bicyclic) bond motifs is 1. The fraction of sp³-hybridized carbons (Fsp3) is 0.333. The molecule has 3 aromatic carbocycles. The molecule has 0 spiro atoms. The van der Waals surface area contributed by atoms with Crippen molar-refractivity contribution in [1.29, 1.82) is 0 Å². The van der Waals surface area contributed by atoms with Crippen molar-refractivity contribution in [2.24, 2.45) is 0 Å². The van der Waals surface area contributed by atoms with Gasteiger partial charge in [0.15, 0.2) is 0 Å². The van der Waals surface area contributed by atoms with E-state index in [0.717, 1.165) is 40.6 Å². The van der Waals surface area contributed by atoms with Crippen LogP contribution in [0.3, 0.4) is 0 Å². The number of para-hydroxylation sites is 1. The number of halogens is 1. The average molecular weight is 505 g/mol. The maximum absolute atomic E-state index is 13.5. The lowest BCUT2D eigenvalue weighted by Crippen LogP contribution is -2.38. The summed E-state index contributed by atoms with van der Waals surface area (Å²) in [6.07, 6.45) is 1.57. The van der Waals surface area contributed by atoms with Gasteiger partial charge in [-0.15, -0.1) is 0 Å². The number of nitrogens with zero attached hydrogens (tertiary/aromatic N) is 2. The minimum atomic E-state index is -3.53. The zero-order chi connectivity index (χ0) is 25.6. The van der Waals surface area contributed by atoms with E-state index in [-0.39, 0.29) is 11.7 Å². The summed E-state index contributed by atoms with van der Waals surface area (Å²) in [4.78, 5) is 0.427. The highest BCUT2D eigenvalue weighted by Gasteiger charge is 2.33. The SMILES string of the molecule is Cc1cc(C)c(S(=O)(=O)N2CCC(c3c(C)n(Cc4ccc(F)cc4)c4ccccc34)CC2)cc1C. The van der Waals surface area contributed by atoms with E-state index in [1.807, 2.05) is 51.1 Å². The minimum absolute atomic E-state index is 0.230. The molecule has 36 heavy (non-hydrogen) atoms. The fourth-order valence-corrected chi connectivity index (χ4v) is 7.45. The van der Waals surface area contributed by atoms with Gasteiger partial charge in [0.2, 0.25) is 10.0 Å². The molecule has 4 aromatic rings. The third-order valence-electron chi connectivity index (χ3n) is 7.80. The molecule has 0 aliphatic carbocycles. The van der Waals surface area contributed by atoms with Crippen LogP contribution in [-0.4, -0.2) is 30.4 Å². The van der Waals surface area contributed by atoms with Gasteiger partial charge < -0.3 is 4.57 Å². The third-order valence-corrected chi connectivity index (χ3v) is 9.85. The monoisotopic (exact) mass is 504 g/mol. The lowest BCUT2D eigenvalue weighted by atomic mass is 9.88. The molecule has 0 N–H and O–H groups in total. The summed E-state index contributed by atoms with van der Waals surface area (Å²) in [5.74, 6) is 0.0582. The maximum Gasteiger partial charge on any atom is 0.243 e. The second-order valence-corrected chi connectivity index (χ2v) is 12.0. The molecule has 0 radical (unpaired) electrons. The van der Waals surface area contributed by atoms with Gasteiger partial charge in [0.05, 0.1) is 4.90 Å². The highest BCUT2D eigenvalue weighted by atomic mass is 32.2. The molecule has 4 nitrogen and oxygen atoms in total. The summed E-state index contributed by atoms with van der Waals surface area (Å²) in [6.45, 7) is 9.70. The van der Waals surface area contributed by atoms with E-state index in [0.29, 0.717) is 24.5 Å². The Balaban J connectivity index is 1.42. The van der Waals surface area contributed by atoms with Crippen molar-refractivity contribution in [3.8, 4) is 0 Å². The molecule has 6 heteroatoms. The van der Waals surface area contributed by atoms with Crippen molar-refractivity contribution in [2.75, 3.05) is 13.1 Å². The van der Waals surface area contributed by atoms with Crippen molar-refractivity contribution in [2.45, 2.75) is 57.9 Å². The van der Waals surface area contributed by atoms with Crippen molar-refractivity contribution in [3.05, 3.63) is 100.0 Å². The first kappa shape index (κ1) is 24.7. The van der Waals surface area contributed by atoms with Gasteiger partial charge >= 0.3 is 0 Å². The smallest absolute Gasteiger partial charge is 0.243 e. The maximum atomic E-state index is 13.5. The Bertz CT molecular complexity index is 1530. The van der Waals surface area contributed by atoms with Gasteiger partial charge in [0.1, 0.15) is 5.82 Å². The van der Waals surface area contributed by atoms with E-state index in [4.69, 9.17) is 0 Å². The summed E-state index contributed by atoms with van der Waals surface area (Å²) in [6, 6.07) is 18.9. The Morgan fingerprint density at radius 1 is 0.861 bits per heavy atom.